The van der Waals surface area contributed by atoms with E-state index in [0.717, 1.165) is 25.7 Å². The second-order valence-electron chi connectivity index (χ2n) is 5.62. The van der Waals surface area contributed by atoms with E-state index in [4.69, 9.17) is 9.47 Å². The number of nitrogens with zero attached hydrogens (tertiary/aromatic N) is 1. The van der Waals surface area contributed by atoms with E-state index in [0.29, 0.717) is 17.1 Å². The summed E-state index contributed by atoms with van der Waals surface area (Å²) >= 11 is 0. The Bertz CT molecular complexity index is 610. The fourth-order valence-corrected chi connectivity index (χ4v) is 2.63. The first-order valence-corrected chi connectivity index (χ1v) is 8.00. The molecule has 2 amide bonds. The standard InChI is InChI=1S/C17H23N3O4/c1-23-14-9-8-12(15(10-14)24-2)11-18-20-17(22)16(21)19-13-6-4-3-5-7-13/h8-11,13H,3-7H2,1-2H3,(H,19,21)(H,20,22)/b18-11+. The van der Waals surface area contributed by atoms with Crippen LogP contribution < -0.4 is 20.2 Å². The fourth-order valence-electron chi connectivity index (χ4n) is 2.63. The second kappa shape index (κ2) is 8.90. The Morgan fingerprint density at radius 3 is 2.54 bits per heavy atom. The van der Waals surface area contributed by atoms with Gasteiger partial charge in [-0.05, 0) is 25.0 Å². The van der Waals surface area contributed by atoms with E-state index in [1.54, 1.807) is 25.3 Å². The second-order valence-corrected chi connectivity index (χ2v) is 5.62. The van der Waals surface area contributed by atoms with E-state index in [1.165, 1.54) is 19.7 Å². The van der Waals surface area contributed by atoms with E-state index in [9.17, 15) is 9.59 Å². The fraction of sp³-hybridized carbons (Fsp3) is 0.471. The summed E-state index contributed by atoms with van der Waals surface area (Å²) < 4.78 is 10.3. The molecular formula is C17H23N3O4. The normalized spacial score (nSPS) is 15.1. The van der Waals surface area contributed by atoms with Crippen molar-refractivity contribution in [3.63, 3.8) is 0 Å². The zero-order valence-corrected chi connectivity index (χ0v) is 14.0. The lowest BCUT2D eigenvalue weighted by atomic mass is 9.95. The summed E-state index contributed by atoms with van der Waals surface area (Å²) in [6, 6.07) is 5.29. The summed E-state index contributed by atoms with van der Waals surface area (Å²) in [6.07, 6.45) is 6.62. The van der Waals surface area contributed by atoms with Crippen LogP contribution in [0, 0.1) is 0 Å². The van der Waals surface area contributed by atoms with Crippen molar-refractivity contribution in [3.05, 3.63) is 23.8 Å². The van der Waals surface area contributed by atoms with E-state index in [-0.39, 0.29) is 6.04 Å². The highest BCUT2D eigenvalue weighted by Gasteiger charge is 2.19. The molecule has 1 aromatic carbocycles. The van der Waals surface area contributed by atoms with Crippen molar-refractivity contribution >= 4 is 18.0 Å². The maximum atomic E-state index is 11.8. The summed E-state index contributed by atoms with van der Waals surface area (Å²) in [7, 11) is 3.09. The van der Waals surface area contributed by atoms with Crippen LogP contribution in [-0.4, -0.2) is 38.3 Å². The van der Waals surface area contributed by atoms with Gasteiger partial charge in [0.25, 0.3) is 0 Å². The zero-order valence-electron chi connectivity index (χ0n) is 14.0. The number of hydrogen-bond acceptors (Lipinski definition) is 5. The highest BCUT2D eigenvalue weighted by Crippen LogP contribution is 2.23. The van der Waals surface area contributed by atoms with Gasteiger partial charge >= 0.3 is 11.8 Å². The minimum atomic E-state index is -0.774. The Hall–Kier alpha value is -2.57. The molecule has 0 saturated heterocycles. The van der Waals surface area contributed by atoms with Gasteiger partial charge in [-0.1, -0.05) is 19.3 Å². The number of amides is 2. The maximum absolute atomic E-state index is 11.8. The molecule has 1 aromatic rings. The van der Waals surface area contributed by atoms with Crippen molar-refractivity contribution in [3.8, 4) is 11.5 Å². The molecule has 2 rings (SSSR count). The third-order valence-electron chi connectivity index (χ3n) is 3.96. The molecule has 0 spiro atoms. The zero-order chi connectivity index (χ0) is 17.4. The first-order chi connectivity index (χ1) is 11.6. The molecule has 2 N–H and O–H groups in total. The summed E-state index contributed by atoms with van der Waals surface area (Å²) in [5.74, 6) is -0.219. The largest absolute Gasteiger partial charge is 0.497 e. The number of nitrogens with one attached hydrogen (secondary N) is 2. The highest BCUT2D eigenvalue weighted by atomic mass is 16.5. The molecule has 1 fully saturated rings. The van der Waals surface area contributed by atoms with Crippen LogP contribution in [0.2, 0.25) is 0 Å². The topological polar surface area (TPSA) is 89.0 Å². The predicted molar refractivity (Wildman–Crippen MR) is 90.3 cm³/mol. The molecule has 1 saturated carbocycles. The van der Waals surface area contributed by atoms with Crippen LogP contribution in [0.5, 0.6) is 11.5 Å². The average molecular weight is 333 g/mol. The number of carbonyl (C=O) groups excluding carboxylic acids is 2. The molecule has 7 heteroatoms. The number of benzene rings is 1. The average Bonchev–Trinajstić information content (AvgIpc) is 2.62. The number of ether oxygens (including phenoxy) is 2. The van der Waals surface area contributed by atoms with Gasteiger partial charge in [0.05, 0.1) is 20.4 Å². The summed E-state index contributed by atoms with van der Waals surface area (Å²) in [6.45, 7) is 0. The lowest BCUT2D eigenvalue weighted by Gasteiger charge is -2.22. The molecule has 0 atom stereocenters. The quantitative estimate of drug-likeness (QED) is 0.487. The van der Waals surface area contributed by atoms with Crippen LogP contribution in [0.3, 0.4) is 0 Å². The van der Waals surface area contributed by atoms with Gasteiger partial charge in [-0.25, -0.2) is 5.43 Å². The number of hydrazone groups is 1. The van der Waals surface area contributed by atoms with Gasteiger partial charge in [-0.2, -0.15) is 5.10 Å². The van der Waals surface area contributed by atoms with Crippen molar-refractivity contribution in [1.82, 2.24) is 10.7 Å². The lowest BCUT2D eigenvalue weighted by Crippen LogP contribution is -2.44. The molecule has 0 aromatic heterocycles. The first-order valence-electron chi connectivity index (χ1n) is 8.00. The summed E-state index contributed by atoms with van der Waals surface area (Å²) in [5.41, 5.74) is 2.89. The molecule has 24 heavy (non-hydrogen) atoms. The van der Waals surface area contributed by atoms with Crippen molar-refractivity contribution in [1.29, 1.82) is 0 Å². The van der Waals surface area contributed by atoms with E-state index < -0.39 is 11.8 Å². The predicted octanol–water partition coefficient (Wildman–Crippen LogP) is 1.60. The van der Waals surface area contributed by atoms with Crippen LogP contribution in [0.1, 0.15) is 37.7 Å². The number of rotatable bonds is 5. The van der Waals surface area contributed by atoms with Crippen molar-refractivity contribution in [2.45, 2.75) is 38.1 Å². The van der Waals surface area contributed by atoms with Gasteiger partial charge in [-0.3, -0.25) is 9.59 Å². The number of carbonyl (C=O) groups is 2. The molecule has 0 unspecified atom stereocenters. The number of methoxy groups -OCH3 is 2. The highest BCUT2D eigenvalue weighted by molar-refractivity contribution is 6.35. The van der Waals surface area contributed by atoms with Crippen LogP contribution in [0.25, 0.3) is 0 Å². The van der Waals surface area contributed by atoms with Crippen molar-refractivity contribution in [2.24, 2.45) is 5.10 Å². The molecule has 0 heterocycles. The first kappa shape index (κ1) is 17.8. The van der Waals surface area contributed by atoms with Crippen LogP contribution in [-0.2, 0) is 9.59 Å². The van der Waals surface area contributed by atoms with E-state index in [1.807, 2.05) is 0 Å². The molecular weight excluding hydrogens is 310 g/mol. The van der Waals surface area contributed by atoms with Gasteiger partial charge in [0.2, 0.25) is 0 Å². The van der Waals surface area contributed by atoms with Crippen LogP contribution in [0.15, 0.2) is 23.3 Å². The number of hydrogen-bond donors (Lipinski definition) is 2. The van der Waals surface area contributed by atoms with E-state index in [2.05, 4.69) is 15.8 Å². The van der Waals surface area contributed by atoms with Crippen molar-refractivity contribution < 1.29 is 19.1 Å². The Labute approximate surface area is 141 Å². The molecule has 1 aliphatic carbocycles. The third kappa shape index (κ3) is 4.97. The smallest absolute Gasteiger partial charge is 0.329 e. The van der Waals surface area contributed by atoms with Gasteiger partial charge in [0.1, 0.15) is 11.5 Å². The SMILES string of the molecule is COc1ccc(/C=N/NC(=O)C(=O)NC2CCCCC2)c(OC)c1. The summed E-state index contributed by atoms with van der Waals surface area (Å²) in [4.78, 5) is 23.6. The van der Waals surface area contributed by atoms with Gasteiger partial charge in [-0.15, -0.1) is 0 Å². The van der Waals surface area contributed by atoms with Gasteiger partial charge < -0.3 is 14.8 Å². The minimum Gasteiger partial charge on any atom is -0.497 e. The van der Waals surface area contributed by atoms with Gasteiger partial charge in [0.15, 0.2) is 0 Å². The Kier molecular flexibility index (Phi) is 6.60. The molecule has 0 aliphatic heterocycles. The Balaban J connectivity index is 1.88. The molecule has 1 aliphatic rings. The van der Waals surface area contributed by atoms with Gasteiger partial charge in [0, 0.05) is 17.7 Å². The van der Waals surface area contributed by atoms with Crippen LogP contribution in [0.4, 0.5) is 0 Å². The van der Waals surface area contributed by atoms with Crippen molar-refractivity contribution in [2.75, 3.05) is 14.2 Å². The Morgan fingerprint density at radius 1 is 1.12 bits per heavy atom. The lowest BCUT2D eigenvalue weighted by molar-refractivity contribution is -0.139. The van der Waals surface area contributed by atoms with Crippen LogP contribution >= 0.6 is 0 Å². The third-order valence-corrected chi connectivity index (χ3v) is 3.96. The molecule has 0 radical (unpaired) electrons. The Morgan fingerprint density at radius 2 is 1.88 bits per heavy atom. The molecule has 7 nitrogen and oxygen atoms in total. The van der Waals surface area contributed by atoms with E-state index >= 15 is 0 Å². The monoisotopic (exact) mass is 333 g/mol. The minimum absolute atomic E-state index is 0.0858. The molecule has 130 valence electrons. The molecule has 0 bridgehead atoms. The summed E-state index contributed by atoms with van der Waals surface area (Å²) in [5, 5.41) is 6.55. The maximum Gasteiger partial charge on any atom is 0.329 e.